The van der Waals surface area contributed by atoms with E-state index in [1.807, 2.05) is 226 Å². The van der Waals surface area contributed by atoms with Gasteiger partial charge in [-0.25, -0.2) is 43.5 Å². The maximum Gasteiger partial charge on any atom is 0.154 e. The maximum atomic E-state index is 5.41. The van der Waals surface area contributed by atoms with Gasteiger partial charge >= 0.3 is 0 Å². The lowest BCUT2D eigenvalue weighted by Crippen LogP contribution is -2.43. The first-order chi connectivity index (χ1) is 41.5. The minimum Gasteiger partial charge on any atom is -0.378 e. The summed E-state index contributed by atoms with van der Waals surface area (Å²) in [6, 6.07) is 30.0. The molecule has 1 N–H and O–H groups in total. The predicted octanol–water partition coefficient (Wildman–Crippen LogP) is 15.8. The van der Waals surface area contributed by atoms with Crippen molar-refractivity contribution in [3.8, 4) is 34.2 Å². The van der Waals surface area contributed by atoms with Gasteiger partial charge in [0.05, 0.1) is 47.4 Å². The lowest BCUT2D eigenvalue weighted by Gasteiger charge is -2.28. The van der Waals surface area contributed by atoms with Gasteiger partial charge in [-0.2, -0.15) is 15.3 Å². The maximum absolute atomic E-state index is 5.41. The molecule has 462 valence electrons. The third kappa shape index (κ3) is 20.8. The number of pyridine rings is 3. The zero-order valence-electron chi connectivity index (χ0n) is 55.7. The SMILES string of the molecule is CC.CC.CC.CC.CC.CC.CC.CC.CC.Cc1nc2cccnn2c1-c1cccc(N2CCCCC2)n1.Cc1nc2cccnn2c1-c1cccc(N2CCNCC2)n1.Cc1nc2cccnn2c1-c1cccc(N2CCOCC2)n1. The minimum atomic E-state index is 0.752. The van der Waals surface area contributed by atoms with Crippen LogP contribution in [-0.2, 0) is 4.74 Å². The van der Waals surface area contributed by atoms with Crippen LogP contribution in [0.2, 0.25) is 0 Å². The second-order valence-corrected chi connectivity index (χ2v) is 16.5. The Hall–Kier alpha value is -7.37. The monoisotopic (exact) mass is 1150 g/mol. The number of morpholine rings is 1. The van der Waals surface area contributed by atoms with Crippen LogP contribution in [0.3, 0.4) is 0 Å². The zero-order chi connectivity index (χ0) is 62.8. The number of nitrogens with one attached hydrogen (secondary N) is 1. The van der Waals surface area contributed by atoms with E-state index in [0.29, 0.717) is 0 Å². The highest BCUT2D eigenvalue weighted by molar-refractivity contribution is 5.67. The Morgan fingerprint density at radius 1 is 0.333 bits per heavy atom. The molecule has 0 saturated carbocycles. The standard InChI is InChI=1S/C17H19N5.C16H18N6.C16H17N5O.9C2H6/c1-13-17(22-16(19-13)9-6-10-18-22)14-7-5-8-15(20-14)21-11-3-2-4-12-21;1-12-16(22-15(19-12)6-3-7-18-22)13-4-2-5-14(20-13)21-10-8-17-9-11-21;1-12-16(21-15(18-12)6-3-7-17-21)13-4-2-5-14(19-13)20-8-10-22-11-9-20;9*1-2/h5-10H,2-4,11-12H2,1H3;2-7,17H,8-11H2,1H3;2-7H,8-11H2,1H3;9*1-2H3. The molecule has 0 spiro atoms. The second kappa shape index (κ2) is 44.2. The van der Waals surface area contributed by atoms with E-state index < -0.39 is 0 Å². The van der Waals surface area contributed by atoms with E-state index in [4.69, 9.17) is 19.7 Å². The Morgan fingerprint density at radius 2 is 0.631 bits per heavy atom. The van der Waals surface area contributed by atoms with Crippen LogP contribution in [0.5, 0.6) is 0 Å². The molecule has 0 bridgehead atoms. The summed E-state index contributed by atoms with van der Waals surface area (Å²) in [5, 5.41) is 16.6. The van der Waals surface area contributed by atoms with Crippen LogP contribution in [0.1, 0.15) is 161 Å². The highest BCUT2D eigenvalue weighted by Gasteiger charge is 2.20. The third-order valence-corrected chi connectivity index (χ3v) is 12.1. The fourth-order valence-electron chi connectivity index (χ4n) is 8.88. The number of ether oxygens (including phenoxy) is 1. The molecule has 17 heteroatoms. The van der Waals surface area contributed by atoms with Gasteiger partial charge in [0, 0.05) is 70.9 Å². The molecule has 0 radical (unpaired) electrons. The van der Waals surface area contributed by atoms with E-state index in [-0.39, 0.29) is 0 Å². The van der Waals surface area contributed by atoms with E-state index in [0.717, 1.165) is 151 Å². The van der Waals surface area contributed by atoms with Gasteiger partial charge in [0.1, 0.15) is 34.5 Å². The molecule has 17 nitrogen and oxygen atoms in total. The average Bonchev–Trinajstić information content (AvgIpc) is 4.29. The molecular formula is C67H108N16O. The third-order valence-electron chi connectivity index (χ3n) is 12.1. The molecule has 0 amide bonds. The average molecular weight is 1150 g/mol. The molecule has 0 aliphatic carbocycles. The quantitative estimate of drug-likeness (QED) is 0.167. The van der Waals surface area contributed by atoms with Crippen LogP contribution in [0.15, 0.2) is 110 Å². The normalized spacial score (nSPS) is 12.8. The number of aryl methyl sites for hydroxylation is 3. The van der Waals surface area contributed by atoms with Crippen molar-refractivity contribution in [1.29, 1.82) is 0 Å². The second-order valence-electron chi connectivity index (χ2n) is 16.5. The van der Waals surface area contributed by atoms with Crippen LogP contribution in [-0.4, -0.2) is 124 Å². The molecule has 0 atom stereocenters. The minimum absolute atomic E-state index is 0.752. The first-order valence-corrected chi connectivity index (χ1v) is 31.9. The Bertz CT molecular complexity index is 2750. The van der Waals surface area contributed by atoms with Crippen LogP contribution < -0.4 is 20.0 Å². The van der Waals surface area contributed by atoms with Crippen molar-refractivity contribution in [1.82, 2.24) is 64.1 Å². The van der Waals surface area contributed by atoms with Crippen molar-refractivity contribution in [3.05, 3.63) is 127 Å². The number of fused-ring (bicyclic) bond motifs is 3. The van der Waals surface area contributed by atoms with Gasteiger partial charge in [0.2, 0.25) is 0 Å². The highest BCUT2D eigenvalue weighted by Crippen LogP contribution is 2.28. The molecule has 12 heterocycles. The Balaban J connectivity index is 0.000000554. The summed E-state index contributed by atoms with van der Waals surface area (Å²) in [7, 11) is 0. The summed E-state index contributed by atoms with van der Waals surface area (Å²) < 4.78 is 11.0. The molecule has 3 saturated heterocycles. The summed E-state index contributed by atoms with van der Waals surface area (Å²) >= 11 is 0. The van der Waals surface area contributed by atoms with E-state index in [9.17, 15) is 0 Å². The number of rotatable bonds is 6. The molecule has 9 aromatic heterocycles. The molecule has 0 unspecified atom stereocenters. The van der Waals surface area contributed by atoms with Crippen LogP contribution in [0.4, 0.5) is 17.5 Å². The lowest BCUT2D eigenvalue weighted by molar-refractivity contribution is 0.122. The van der Waals surface area contributed by atoms with Crippen LogP contribution in [0.25, 0.3) is 51.1 Å². The van der Waals surface area contributed by atoms with Gasteiger partial charge < -0.3 is 24.8 Å². The van der Waals surface area contributed by atoms with E-state index in [1.165, 1.54) is 19.3 Å². The Labute approximate surface area is 506 Å². The number of piperidine rings is 1. The Morgan fingerprint density at radius 3 is 0.952 bits per heavy atom. The number of hydrogen-bond acceptors (Lipinski definition) is 14. The van der Waals surface area contributed by atoms with Gasteiger partial charge in [-0.05, 0) is 113 Å². The summed E-state index contributed by atoms with van der Waals surface area (Å²) in [5.74, 6) is 3.05. The summed E-state index contributed by atoms with van der Waals surface area (Å²) in [6.07, 6.45) is 9.16. The number of aromatic nitrogens is 12. The van der Waals surface area contributed by atoms with Crippen molar-refractivity contribution < 1.29 is 4.74 Å². The summed E-state index contributed by atoms with van der Waals surface area (Å²) in [5.41, 5.74) is 11.0. The molecule has 9 aromatic rings. The first-order valence-electron chi connectivity index (χ1n) is 31.9. The molecule has 3 aliphatic rings. The number of nitrogens with zero attached hydrogens (tertiary/aromatic N) is 15. The highest BCUT2D eigenvalue weighted by atomic mass is 16.5. The summed E-state index contributed by atoms with van der Waals surface area (Å²) in [6.45, 7) is 51.4. The van der Waals surface area contributed by atoms with E-state index in [2.05, 4.69) is 74.5 Å². The van der Waals surface area contributed by atoms with Crippen molar-refractivity contribution in [2.24, 2.45) is 0 Å². The molecule has 84 heavy (non-hydrogen) atoms. The predicted molar refractivity (Wildman–Crippen MR) is 359 cm³/mol. The van der Waals surface area contributed by atoms with E-state index in [1.54, 1.807) is 18.6 Å². The zero-order valence-corrected chi connectivity index (χ0v) is 55.7. The number of hydrogen-bond donors (Lipinski definition) is 1. The van der Waals surface area contributed by atoms with Crippen molar-refractivity contribution >= 4 is 34.4 Å². The van der Waals surface area contributed by atoms with E-state index >= 15 is 0 Å². The smallest absolute Gasteiger partial charge is 0.154 e. The topological polar surface area (TPSA) is 160 Å². The largest absolute Gasteiger partial charge is 0.378 e. The van der Waals surface area contributed by atoms with Crippen LogP contribution >= 0.6 is 0 Å². The van der Waals surface area contributed by atoms with Crippen molar-refractivity contribution in [2.75, 3.05) is 80.3 Å². The summed E-state index contributed by atoms with van der Waals surface area (Å²) in [4.78, 5) is 35.2. The fourth-order valence-corrected chi connectivity index (χ4v) is 8.88. The molecule has 12 rings (SSSR count). The Kier molecular flexibility index (Phi) is 39.3. The fraction of sp³-hybridized carbons (Fsp3) is 0.507. The lowest BCUT2D eigenvalue weighted by atomic mass is 10.1. The van der Waals surface area contributed by atoms with Crippen LogP contribution in [0, 0.1) is 20.8 Å². The molecule has 3 fully saturated rings. The molecule has 0 aromatic carbocycles. The van der Waals surface area contributed by atoms with Crippen molar-refractivity contribution in [2.45, 2.75) is 165 Å². The number of imidazole rings is 3. The van der Waals surface area contributed by atoms with Gasteiger partial charge in [-0.15, -0.1) is 0 Å². The van der Waals surface area contributed by atoms with Gasteiger partial charge in [-0.3, -0.25) is 0 Å². The molecular weight excluding hydrogens is 1040 g/mol. The van der Waals surface area contributed by atoms with Gasteiger partial charge in [-0.1, -0.05) is 143 Å². The first kappa shape index (κ1) is 74.6. The van der Waals surface area contributed by atoms with Gasteiger partial charge in [0.15, 0.2) is 16.9 Å². The molecule has 3 aliphatic heterocycles. The van der Waals surface area contributed by atoms with Gasteiger partial charge in [0.25, 0.3) is 0 Å². The number of piperazine rings is 1. The number of anilines is 3. The van der Waals surface area contributed by atoms with Crippen molar-refractivity contribution in [3.63, 3.8) is 0 Å².